The number of benzene rings is 2. The number of hydrogen-bond acceptors (Lipinski definition) is 7. The van der Waals surface area contributed by atoms with Crippen molar-refractivity contribution in [3.63, 3.8) is 0 Å². The first-order valence-corrected chi connectivity index (χ1v) is 12.7. The highest BCUT2D eigenvalue weighted by Crippen LogP contribution is 2.31. The van der Waals surface area contributed by atoms with Crippen LogP contribution in [0, 0.1) is 11.6 Å². The summed E-state index contributed by atoms with van der Waals surface area (Å²) in [7, 11) is 0. The summed E-state index contributed by atoms with van der Waals surface area (Å²) in [4.78, 5) is 46.8. The van der Waals surface area contributed by atoms with E-state index in [0.717, 1.165) is 27.5 Å². The van der Waals surface area contributed by atoms with Gasteiger partial charge in [-0.2, -0.15) is 5.10 Å². The predicted molar refractivity (Wildman–Crippen MR) is 154 cm³/mol. The van der Waals surface area contributed by atoms with Crippen molar-refractivity contribution in [2.45, 2.75) is 26.8 Å². The zero-order valence-corrected chi connectivity index (χ0v) is 23.1. The summed E-state index contributed by atoms with van der Waals surface area (Å²) in [6.07, 6.45) is 4.25. The minimum absolute atomic E-state index is 0.0391. The SMILES string of the molecule is CC(=O)Nc1cc(Oc2ccc(N)cc2F)c2ccnn2c1.CC(C)n1cc(C(=O)O)c(=O)n(-c2ccc(F)cc2)c1=O. The number of carboxylic acid groups (broad SMARTS) is 1. The average molecular weight is 593 g/mol. The molecule has 0 fully saturated rings. The average Bonchev–Trinajstić information content (AvgIpc) is 3.40. The number of aromatic carboxylic acids is 1. The first-order chi connectivity index (χ1) is 20.3. The fraction of sp³-hybridized carbons (Fsp3) is 0.138. The van der Waals surface area contributed by atoms with Crippen molar-refractivity contribution in [3.05, 3.63) is 111 Å². The smallest absolute Gasteiger partial charge is 0.342 e. The van der Waals surface area contributed by atoms with Crippen LogP contribution in [0.25, 0.3) is 11.2 Å². The molecule has 0 aliphatic heterocycles. The Hall–Kier alpha value is -5.79. The molecule has 0 saturated carbocycles. The summed E-state index contributed by atoms with van der Waals surface area (Å²) >= 11 is 0. The van der Waals surface area contributed by atoms with Crippen molar-refractivity contribution in [3.8, 4) is 17.2 Å². The number of ether oxygens (including phenoxy) is 1. The van der Waals surface area contributed by atoms with Crippen molar-refractivity contribution in [1.82, 2.24) is 18.7 Å². The number of carbonyl (C=O) groups excluding carboxylic acids is 1. The van der Waals surface area contributed by atoms with E-state index in [-0.39, 0.29) is 23.4 Å². The van der Waals surface area contributed by atoms with Crippen LogP contribution < -0.4 is 27.0 Å². The van der Waals surface area contributed by atoms with E-state index < -0.39 is 34.4 Å². The van der Waals surface area contributed by atoms with Crippen molar-refractivity contribution in [2.24, 2.45) is 0 Å². The number of nitrogens with one attached hydrogen (secondary N) is 1. The Morgan fingerprint density at radius 2 is 1.70 bits per heavy atom. The highest BCUT2D eigenvalue weighted by molar-refractivity contribution is 5.89. The molecule has 3 aromatic heterocycles. The van der Waals surface area contributed by atoms with Crippen molar-refractivity contribution >= 4 is 28.8 Å². The summed E-state index contributed by atoms with van der Waals surface area (Å²) < 4.78 is 35.9. The van der Waals surface area contributed by atoms with Gasteiger partial charge in [0.25, 0.3) is 5.56 Å². The van der Waals surface area contributed by atoms with Gasteiger partial charge in [0.15, 0.2) is 17.3 Å². The van der Waals surface area contributed by atoms with Crippen LogP contribution in [0.15, 0.2) is 82.8 Å². The summed E-state index contributed by atoms with van der Waals surface area (Å²) in [5.41, 5.74) is 4.94. The lowest BCUT2D eigenvalue weighted by molar-refractivity contribution is -0.114. The molecule has 1 amide bonds. The molecule has 2 aromatic carbocycles. The molecule has 0 saturated heterocycles. The number of fused-ring (bicyclic) bond motifs is 1. The highest BCUT2D eigenvalue weighted by Gasteiger charge is 2.19. The van der Waals surface area contributed by atoms with Gasteiger partial charge in [0.2, 0.25) is 5.91 Å². The predicted octanol–water partition coefficient (Wildman–Crippen LogP) is 4.22. The number of pyridine rings is 1. The molecular formula is C29H26F2N6O6. The van der Waals surface area contributed by atoms with Crippen LogP contribution in [0.5, 0.6) is 11.5 Å². The Morgan fingerprint density at radius 1 is 1.00 bits per heavy atom. The summed E-state index contributed by atoms with van der Waals surface area (Å²) in [6.45, 7) is 4.77. The van der Waals surface area contributed by atoms with Gasteiger partial charge >= 0.3 is 11.7 Å². The van der Waals surface area contributed by atoms with E-state index in [1.807, 2.05) is 0 Å². The molecule has 0 bridgehead atoms. The summed E-state index contributed by atoms with van der Waals surface area (Å²) in [6, 6.07) is 11.8. The molecule has 0 spiro atoms. The van der Waals surface area contributed by atoms with Gasteiger partial charge in [-0.3, -0.25) is 14.2 Å². The molecular weight excluding hydrogens is 566 g/mol. The van der Waals surface area contributed by atoms with Gasteiger partial charge in [-0.15, -0.1) is 0 Å². The molecule has 5 rings (SSSR count). The molecule has 14 heteroatoms. The minimum atomic E-state index is -1.43. The third-order valence-corrected chi connectivity index (χ3v) is 5.95. The Kier molecular flexibility index (Phi) is 8.69. The maximum absolute atomic E-state index is 13.9. The molecule has 0 unspecified atom stereocenters. The minimum Gasteiger partial charge on any atom is -0.477 e. The van der Waals surface area contributed by atoms with Gasteiger partial charge in [-0.05, 0) is 56.3 Å². The van der Waals surface area contributed by atoms with E-state index in [0.29, 0.717) is 22.6 Å². The third kappa shape index (κ3) is 6.75. The van der Waals surface area contributed by atoms with Gasteiger partial charge < -0.3 is 20.9 Å². The lowest BCUT2D eigenvalue weighted by Crippen LogP contribution is -2.41. The van der Waals surface area contributed by atoms with Crippen molar-refractivity contribution in [1.29, 1.82) is 0 Å². The molecule has 12 nitrogen and oxygen atoms in total. The van der Waals surface area contributed by atoms with Crippen LogP contribution in [0.2, 0.25) is 0 Å². The number of carboxylic acids is 1. The second-order valence-electron chi connectivity index (χ2n) is 9.48. The quantitative estimate of drug-likeness (QED) is 0.247. The van der Waals surface area contributed by atoms with Gasteiger partial charge in [-0.1, -0.05) is 0 Å². The van der Waals surface area contributed by atoms with Crippen molar-refractivity contribution < 1.29 is 28.2 Å². The number of aromatic nitrogens is 4. The molecule has 0 atom stereocenters. The van der Waals surface area contributed by atoms with Crippen molar-refractivity contribution in [2.75, 3.05) is 11.1 Å². The van der Waals surface area contributed by atoms with Crippen LogP contribution in [-0.4, -0.2) is 35.7 Å². The summed E-state index contributed by atoms with van der Waals surface area (Å²) in [5, 5.41) is 15.8. The molecule has 43 heavy (non-hydrogen) atoms. The lowest BCUT2D eigenvalue weighted by atomic mass is 10.2. The number of anilines is 2. The molecule has 0 aliphatic carbocycles. The Morgan fingerprint density at radius 3 is 2.30 bits per heavy atom. The number of hydrogen-bond donors (Lipinski definition) is 3. The number of nitrogens with zero attached hydrogens (tertiary/aromatic N) is 4. The Labute approximate surface area is 242 Å². The van der Waals surface area contributed by atoms with E-state index in [2.05, 4.69) is 10.4 Å². The number of amides is 1. The number of nitrogens with two attached hydrogens (primary N) is 1. The Bertz CT molecular complexity index is 1950. The number of halogens is 2. The van der Waals surface area contributed by atoms with Crippen LogP contribution in [0.1, 0.15) is 37.2 Å². The second kappa shape index (κ2) is 12.4. The topological polar surface area (TPSA) is 163 Å². The second-order valence-corrected chi connectivity index (χ2v) is 9.48. The van der Waals surface area contributed by atoms with Crippen LogP contribution >= 0.6 is 0 Å². The number of nitrogen functional groups attached to an aromatic ring is 1. The molecule has 5 aromatic rings. The zero-order valence-electron chi connectivity index (χ0n) is 23.1. The van der Waals surface area contributed by atoms with Gasteiger partial charge in [0, 0.05) is 37.0 Å². The largest absolute Gasteiger partial charge is 0.477 e. The highest BCUT2D eigenvalue weighted by atomic mass is 19.1. The molecule has 0 aliphatic rings. The zero-order chi connectivity index (χ0) is 31.4. The first kappa shape index (κ1) is 30.2. The van der Waals surface area contributed by atoms with Gasteiger partial charge in [0.1, 0.15) is 16.9 Å². The van der Waals surface area contributed by atoms with Crippen LogP contribution in [0.4, 0.5) is 20.2 Å². The molecule has 0 radical (unpaired) electrons. The summed E-state index contributed by atoms with van der Waals surface area (Å²) in [5.74, 6) is -2.33. The fourth-order valence-electron chi connectivity index (χ4n) is 3.97. The fourth-order valence-corrected chi connectivity index (χ4v) is 3.97. The van der Waals surface area contributed by atoms with E-state index in [9.17, 15) is 28.0 Å². The molecule has 4 N–H and O–H groups in total. The third-order valence-electron chi connectivity index (χ3n) is 5.95. The van der Waals surface area contributed by atoms with Crippen LogP contribution in [-0.2, 0) is 4.79 Å². The van der Waals surface area contributed by atoms with Crippen LogP contribution in [0.3, 0.4) is 0 Å². The number of carbonyl (C=O) groups is 2. The van der Waals surface area contributed by atoms with E-state index in [4.69, 9.17) is 15.6 Å². The van der Waals surface area contributed by atoms with Gasteiger partial charge in [-0.25, -0.2) is 27.5 Å². The maximum atomic E-state index is 13.9. The number of rotatable bonds is 6. The van der Waals surface area contributed by atoms with E-state index >= 15 is 0 Å². The normalized spacial score (nSPS) is 10.7. The standard InChI is InChI=1S/C15H13FN4O2.C14H13FN2O4/c1-9(21)19-11-7-15(13-4-5-18-20(13)8-11)22-14-3-2-10(17)6-12(14)16;1-8(2)16-7-11(13(19)20)12(18)17(14(16)21)10-5-3-9(15)4-6-10/h2-8H,17H2,1H3,(H,19,21);3-8H,1-2H3,(H,19,20). The molecule has 222 valence electrons. The van der Waals surface area contributed by atoms with Gasteiger partial charge in [0.05, 0.1) is 23.8 Å². The molecule has 3 heterocycles. The maximum Gasteiger partial charge on any atom is 0.342 e. The van der Waals surface area contributed by atoms with E-state index in [1.165, 1.54) is 35.7 Å². The Balaban J connectivity index is 0.000000197. The lowest BCUT2D eigenvalue weighted by Gasteiger charge is -2.14. The first-order valence-electron chi connectivity index (χ1n) is 12.7. The monoisotopic (exact) mass is 592 g/mol. The van der Waals surface area contributed by atoms with E-state index in [1.54, 1.807) is 44.4 Å².